The molecule has 0 aliphatic rings. The molecule has 50 valence electrons. The van der Waals surface area contributed by atoms with Gasteiger partial charge in [-0.3, -0.25) is 4.98 Å². The molecule has 0 aromatic carbocycles. The van der Waals surface area contributed by atoms with Gasteiger partial charge in [0.25, 0.3) is 0 Å². The topological polar surface area (TPSA) is 47.9 Å². The zero-order chi connectivity index (χ0) is 3.54. The maximum absolute atomic E-state index is 3.74. The minimum absolute atomic E-state index is 0. The van der Waals surface area contributed by atoms with Crippen LogP contribution in [0.1, 0.15) is 0 Å². The first-order valence-electron chi connectivity index (χ1n) is 1.32. The molecule has 0 fully saturated rings. The van der Waals surface area contributed by atoms with Crippen LogP contribution in [0, 0.1) is 0 Å². The molecule has 1 atom stereocenters. The van der Waals surface area contributed by atoms with Gasteiger partial charge in [0.15, 0.2) is 0 Å². The molecule has 1 heterocycles. The van der Waals surface area contributed by atoms with E-state index < -0.39 is 0 Å². The van der Waals surface area contributed by atoms with E-state index in [1.54, 1.807) is 23.0 Å². The molecule has 5 heteroatoms. The van der Waals surface area contributed by atoms with Gasteiger partial charge in [-0.1, -0.05) is 0 Å². The lowest BCUT2D eigenvalue weighted by atomic mass is 11.0. The molecular weight excluding hydrogens is 159 g/mol. The predicted molar refractivity (Wildman–Crippen MR) is 48.6 cm³/mol. The summed E-state index contributed by atoms with van der Waals surface area (Å²) >= 11 is 1.60. The smallest absolute Gasteiger partial charge is 0.0791 e. The summed E-state index contributed by atoms with van der Waals surface area (Å²) in [4.78, 5) is 3.74. The van der Waals surface area contributed by atoms with Crippen LogP contribution in [-0.2, 0) is 0 Å². The molecule has 0 radical (unpaired) electrons. The van der Waals surface area contributed by atoms with Gasteiger partial charge >= 0.3 is 0 Å². The molecule has 0 spiro atoms. The molecule has 2 nitrogen and oxygen atoms in total. The fraction of sp³-hybridized carbons (Fsp3) is 0. The number of hydrogen-bond acceptors (Lipinski definition) is 3. The third kappa shape index (κ3) is 6.37. The van der Waals surface area contributed by atoms with Crippen molar-refractivity contribution in [2.24, 2.45) is 0 Å². The molecule has 0 amide bonds. The first-order valence-corrected chi connectivity index (χ1v) is 2.26. The van der Waals surface area contributed by atoms with Crippen LogP contribution < -0.4 is 6.15 Å². The molecular formula is C3H11N2PS2. The molecule has 1 aromatic heterocycles. The third-order valence-corrected chi connectivity index (χ3v) is 0.869. The summed E-state index contributed by atoms with van der Waals surface area (Å²) < 4.78 is 0. The van der Waals surface area contributed by atoms with E-state index in [-0.39, 0.29) is 29.5 Å². The molecule has 0 aliphatic heterocycles. The van der Waals surface area contributed by atoms with E-state index in [4.69, 9.17) is 0 Å². The number of nitrogens with zero attached hydrogens (tertiary/aromatic N) is 1. The molecule has 1 unspecified atom stereocenters. The van der Waals surface area contributed by atoms with Crippen LogP contribution in [0.2, 0.25) is 0 Å². The summed E-state index contributed by atoms with van der Waals surface area (Å²) in [6.45, 7) is 0. The number of rotatable bonds is 0. The molecule has 0 aliphatic carbocycles. The zero-order valence-electron chi connectivity index (χ0n) is 4.50. The van der Waals surface area contributed by atoms with Crippen molar-refractivity contribution in [2.45, 2.75) is 0 Å². The fourth-order valence-electron chi connectivity index (χ4n) is 0.176. The van der Waals surface area contributed by atoms with Gasteiger partial charge in [0.1, 0.15) is 0 Å². The molecule has 0 saturated carbocycles. The Labute approximate surface area is 63.4 Å². The molecule has 3 N–H and O–H groups in total. The average Bonchev–Trinajstić information content (AvgIpc) is 1.76. The Bertz CT molecular complexity index is 71.8. The second kappa shape index (κ2) is 10.4. The number of aromatic nitrogens is 1. The second-order valence-electron chi connectivity index (χ2n) is 0.676. The van der Waals surface area contributed by atoms with Gasteiger partial charge in [0, 0.05) is 11.6 Å². The Kier molecular flexibility index (Phi) is 20.4. The van der Waals surface area contributed by atoms with Gasteiger partial charge in [-0.25, -0.2) is 0 Å². The maximum Gasteiger partial charge on any atom is 0.0791 e. The van der Waals surface area contributed by atoms with Crippen LogP contribution in [0.15, 0.2) is 17.1 Å². The van der Waals surface area contributed by atoms with E-state index in [1.165, 1.54) is 0 Å². The van der Waals surface area contributed by atoms with Crippen LogP contribution in [0.3, 0.4) is 0 Å². The van der Waals surface area contributed by atoms with E-state index in [1.807, 2.05) is 5.38 Å². The molecule has 8 heavy (non-hydrogen) atoms. The van der Waals surface area contributed by atoms with Crippen molar-refractivity contribution in [3.05, 3.63) is 17.1 Å². The maximum atomic E-state index is 3.74. The molecule has 1 aromatic rings. The predicted octanol–water partition coefficient (Wildman–Crippen LogP) is 1.48. The highest BCUT2D eigenvalue weighted by atomic mass is 32.1. The quantitative estimate of drug-likeness (QED) is 0.599. The molecule has 1 rings (SSSR count). The monoisotopic (exact) mass is 170 g/mol. The first-order chi connectivity index (χ1) is 2.50. The van der Waals surface area contributed by atoms with Gasteiger partial charge in [-0.15, -0.1) is 11.3 Å². The van der Waals surface area contributed by atoms with Crippen LogP contribution in [0.25, 0.3) is 0 Å². The van der Waals surface area contributed by atoms with E-state index in [2.05, 4.69) is 4.98 Å². The van der Waals surface area contributed by atoms with Crippen molar-refractivity contribution in [1.29, 1.82) is 0 Å². The number of thiazole rings is 1. The van der Waals surface area contributed by atoms with Crippen molar-refractivity contribution in [2.75, 3.05) is 0 Å². The Morgan fingerprint density at radius 1 is 1.38 bits per heavy atom. The van der Waals surface area contributed by atoms with Gasteiger partial charge in [0.2, 0.25) is 0 Å². The van der Waals surface area contributed by atoms with E-state index in [0.717, 1.165) is 0 Å². The van der Waals surface area contributed by atoms with Crippen LogP contribution in [0.4, 0.5) is 0 Å². The highest BCUT2D eigenvalue weighted by Crippen LogP contribution is 1.85. The van der Waals surface area contributed by atoms with Gasteiger partial charge in [-0.05, 0) is 0 Å². The van der Waals surface area contributed by atoms with Crippen molar-refractivity contribution >= 4 is 34.7 Å². The molecule has 0 bridgehead atoms. The Hall–Kier alpha value is 0.370. The van der Waals surface area contributed by atoms with Gasteiger partial charge < -0.3 is 6.15 Å². The normalized spacial score (nSPS) is 5.00. The van der Waals surface area contributed by atoms with E-state index in [0.29, 0.717) is 0 Å². The van der Waals surface area contributed by atoms with Crippen molar-refractivity contribution < 1.29 is 0 Å². The van der Waals surface area contributed by atoms with E-state index in [9.17, 15) is 0 Å². The van der Waals surface area contributed by atoms with Crippen LogP contribution in [0.5, 0.6) is 0 Å². The third-order valence-electron chi connectivity index (χ3n) is 0.347. The average molecular weight is 170 g/mol. The van der Waals surface area contributed by atoms with Crippen LogP contribution in [-0.4, -0.2) is 4.98 Å². The Morgan fingerprint density at radius 3 is 2.12 bits per heavy atom. The lowest BCUT2D eigenvalue weighted by Crippen LogP contribution is -1.38. The summed E-state index contributed by atoms with van der Waals surface area (Å²) in [6, 6.07) is 0. The highest BCUT2D eigenvalue weighted by molar-refractivity contribution is 7.59. The number of hydrogen-bond donors (Lipinski definition) is 1. The van der Waals surface area contributed by atoms with Gasteiger partial charge in [0.05, 0.1) is 5.51 Å². The van der Waals surface area contributed by atoms with Gasteiger partial charge in [-0.2, -0.15) is 23.4 Å². The summed E-state index contributed by atoms with van der Waals surface area (Å²) in [5, 5.41) is 1.93. The van der Waals surface area contributed by atoms with Crippen molar-refractivity contribution in [3.8, 4) is 0 Å². The van der Waals surface area contributed by atoms with Crippen molar-refractivity contribution in [1.82, 2.24) is 11.1 Å². The largest absolute Gasteiger partial charge is 0.344 e. The Balaban J connectivity index is -0.0000000833. The lowest BCUT2D eigenvalue weighted by molar-refractivity contribution is 1.43. The lowest BCUT2D eigenvalue weighted by Gasteiger charge is -1.41. The van der Waals surface area contributed by atoms with Crippen LogP contribution >= 0.6 is 34.7 Å². The summed E-state index contributed by atoms with van der Waals surface area (Å²) in [7, 11) is 0. The van der Waals surface area contributed by atoms with Crippen molar-refractivity contribution in [3.63, 3.8) is 0 Å². The SMILES string of the molecule is N.P.S.c1cscn1. The minimum atomic E-state index is 0. The fourth-order valence-corrected chi connectivity index (χ4v) is 0.527. The summed E-state index contributed by atoms with van der Waals surface area (Å²) in [6.07, 6.45) is 1.77. The summed E-state index contributed by atoms with van der Waals surface area (Å²) in [5.74, 6) is 0. The highest BCUT2D eigenvalue weighted by Gasteiger charge is 1.59. The van der Waals surface area contributed by atoms with E-state index >= 15 is 0 Å². The summed E-state index contributed by atoms with van der Waals surface area (Å²) in [5.41, 5.74) is 1.79. The zero-order valence-corrected chi connectivity index (χ0v) is 7.73. The Morgan fingerprint density at radius 2 is 2.00 bits per heavy atom. The standard InChI is InChI=1S/C3H3NS.H3N.H3P.H2S/c1-2-5-3-4-1;;;/h1-3H;2*1H3;1H2. The second-order valence-corrected chi connectivity index (χ2v) is 1.43. The molecule has 0 saturated heterocycles. The first kappa shape index (κ1) is 15.8. The minimum Gasteiger partial charge on any atom is -0.344 e.